The number of halogens is 1. The second kappa shape index (κ2) is 7.01. The van der Waals surface area contributed by atoms with Crippen molar-refractivity contribution >= 4 is 5.97 Å². The van der Waals surface area contributed by atoms with Crippen LogP contribution in [0.5, 0.6) is 0 Å². The third-order valence-electron chi connectivity index (χ3n) is 2.43. The number of carbonyl (C=O) groups excluding carboxylic acids is 1. The highest BCUT2D eigenvalue weighted by Gasteiger charge is 2.14. The molecule has 1 N–H and O–H groups in total. The predicted molar refractivity (Wildman–Crippen MR) is 63.9 cm³/mol. The maximum atomic E-state index is 13.2. The summed E-state index contributed by atoms with van der Waals surface area (Å²) in [4.78, 5) is 11.5. The van der Waals surface area contributed by atoms with E-state index in [0.717, 1.165) is 6.54 Å². The monoisotopic (exact) mass is 239 g/mol. The van der Waals surface area contributed by atoms with Gasteiger partial charge in [0, 0.05) is 12.1 Å². The van der Waals surface area contributed by atoms with E-state index in [0.29, 0.717) is 12.1 Å². The van der Waals surface area contributed by atoms with E-state index in [-0.39, 0.29) is 24.3 Å². The molecule has 0 fully saturated rings. The van der Waals surface area contributed by atoms with Gasteiger partial charge in [-0.2, -0.15) is 0 Å². The zero-order chi connectivity index (χ0) is 12.7. The number of hydrogen-bond acceptors (Lipinski definition) is 3. The summed E-state index contributed by atoms with van der Waals surface area (Å²) >= 11 is 0. The number of nitrogens with one attached hydrogen (secondary N) is 1. The van der Waals surface area contributed by atoms with Crippen molar-refractivity contribution in [2.45, 2.75) is 20.5 Å². The zero-order valence-electron chi connectivity index (χ0n) is 10.2. The number of carbonyl (C=O) groups is 1. The Bertz CT molecular complexity index is 368. The first-order valence-electron chi connectivity index (χ1n) is 5.76. The maximum absolute atomic E-state index is 13.2. The van der Waals surface area contributed by atoms with Crippen molar-refractivity contribution in [2.24, 2.45) is 5.92 Å². The first-order chi connectivity index (χ1) is 8.15. The molecular weight excluding hydrogens is 221 g/mol. The number of benzene rings is 1. The fourth-order valence-electron chi connectivity index (χ4n) is 1.35. The predicted octanol–water partition coefficient (Wildman–Crippen LogP) is 2.11. The Balaban J connectivity index is 2.40. The van der Waals surface area contributed by atoms with Gasteiger partial charge in [-0.05, 0) is 12.6 Å². The minimum Gasteiger partial charge on any atom is -0.460 e. The molecule has 17 heavy (non-hydrogen) atoms. The van der Waals surface area contributed by atoms with Crippen LogP contribution in [0.15, 0.2) is 24.3 Å². The van der Waals surface area contributed by atoms with Gasteiger partial charge >= 0.3 is 5.97 Å². The van der Waals surface area contributed by atoms with Crippen LogP contribution in [0.4, 0.5) is 4.39 Å². The molecule has 0 aliphatic carbocycles. The Morgan fingerprint density at radius 2 is 2.18 bits per heavy atom. The molecule has 0 aliphatic heterocycles. The lowest BCUT2D eigenvalue weighted by molar-refractivity contribution is -0.149. The van der Waals surface area contributed by atoms with Crippen molar-refractivity contribution in [1.82, 2.24) is 5.32 Å². The third-order valence-corrected chi connectivity index (χ3v) is 2.43. The molecule has 3 nitrogen and oxygen atoms in total. The molecule has 94 valence electrons. The second-order valence-electron chi connectivity index (χ2n) is 3.91. The smallest absolute Gasteiger partial charge is 0.310 e. The first kappa shape index (κ1) is 13.6. The van der Waals surface area contributed by atoms with Crippen LogP contribution in [-0.2, 0) is 16.1 Å². The van der Waals surface area contributed by atoms with Crippen molar-refractivity contribution in [1.29, 1.82) is 0 Å². The van der Waals surface area contributed by atoms with Gasteiger partial charge in [-0.15, -0.1) is 0 Å². The van der Waals surface area contributed by atoms with E-state index in [9.17, 15) is 9.18 Å². The Morgan fingerprint density at radius 1 is 1.47 bits per heavy atom. The van der Waals surface area contributed by atoms with Crippen LogP contribution < -0.4 is 5.32 Å². The van der Waals surface area contributed by atoms with Crippen LogP contribution in [0.3, 0.4) is 0 Å². The molecule has 0 radical (unpaired) electrons. The Kier molecular flexibility index (Phi) is 5.63. The van der Waals surface area contributed by atoms with Gasteiger partial charge in [-0.1, -0.05) is 32.0 Å². The summed E-state index contributed by atoms with van der Waals surface area (Å²) < 4.78 is 18.3. The average Bonchev–Trinajstić information content (AvgIpc) is 2.34. The molecule has 1 unspecified atom stereocenters. The normalized spacial score (nSPS) is 12.2. The van der Waals surface area contributed by atoms with E-state index >= 15 is 0 Å². The van der Waals surface area contributed by atoms with Crippen LogP contribution in [0, 0.1) is 11.7 Å². The summed E-state index contributed by atoms with van der Waals surface area (Å²) in [5.74, 6) is -0.879. The molecule has 0 saturated heterocycles. The Labute approximate surface area is 101 Å². The number of ether oxygens (including phenoxy) is 1. The van der Waals surface area contributed by atoms with Gasteiger partial charge in [-0.25, -0.2) is 4.39 Å². The topological polar surface area (TPSA) is 38.3 Å². The lowest BCUT2D eigenvalue weighted by Crippen LogP contribution is -2.27. The zero-order valence-corrected chi connectivity index (χ0v) is 10.2. The molecule has 4 heteroatoms. The molecule has 0 bridgehead atoms. The van der Waals surface area contributed by atoms with Crippen molar-refractivity contribution in [3.8, 4) is 0 Å². The van der Waals surface area contributed by atoms with Crippen LogP contribution >= 0.6 is 0 Å². The van der Waals surface area contributed by atoms with E-state index in [2.05, 4.69) is 5.32 Å². The largest absolute Gasteiger partial charge is 0.460 e. The number of hydrogen-bond donors (Lipinski definition) is 1. The van der Waals surface area contributed by atoms with Crippen LogP contribution in [0.2, 0.25) is 0 Å². The number of esters is 1. The molecule has 0 saturated carbocycles. The quantitative estimate of drug-likeness (QED) is 0.773. The first-order valence-corrected chi connectivity index (χ1v) is 5.76. The summed E-state index contributed by atoms with van der Waals surface area (Å²) in [6.07, 6.45) is 0. The van der Waals surface area contributed by atoms with E-state index < -0.39 is 0 Å². The summed E-state index contributed by atoms with van der Waals surface area (Å²) in [5, 5.41) is 3.06. The van der Waals surface area contributed by atoms with Gasteiger partial charge in [0.15, 0.2) is 0 Å². The minimum absolute atomic E-state index is 0.0119. The summed E-state index contributed by atoms with van der Waals surface area (Å²) in [6, 6.07) is 6.28. The molecule has 1 aromatic rings. The summed E-state index contributed by atoms with van der Waals surface area (Å²) in [5.41, 5.74) is 0.400. The van der Waals surface area contributed by atoms with E-state index in [4.69, 9.17) is 4.74 Å². The molecule has 0 aliphatic rings. The van der Waals surface area contributed by atoms with Crippen molar-refractivity contribution in [3.63, 3.8) is 0 Å². The fraction of sp³-hybridized carbons (Fsp3) is 0.462. The number of rotatable bonds is 6. The van der Waals surface area contributed by atoms with Crippen LogP contribution in [0.25, 0.3) is 0 Å². The highest BCUT2D eigenvalue weighted by Crippen LogP contribution is 2.09. The third kappa shape index (κ3) is 4.53. The average molecular weight is 239 g/mol. The molecule has 1 rings (SSSR count). The highest BCUT2D eigenvalue weighted by atomic mass is 19.1. The molecule has 0 amide bonds. The molecular formula is C13H18FNO2. The van der Waals surface area contributed by atoms with Gasteiger partial charge in [0.05, 0.1) is 5.92 Å². The molecule has 1 aromatic carbocycles. The van der Waals surface area contributed by atoms with Crippen molar-refractivity contribution in [3.05, 3.63) is 35.6 Å². The molecule has 0 aromatic heterocycles. The minimum atomic E-state index is -0.348. The van der Waals surface area contributed by atoms with Crippen molar-refractivity contribution in [2.75, 3.05) is 13.1 Å². The van der Waals surface area contributed by atoms with E-state index in [1.54, 1.807) is 25.1 Å². The summed E-state index contributed by atoms with van der Waals surface area (Å²) in [7, 11) is 0. The Morgan fingerprint density at radius 3 is 2.82 bits per heavy atom. The van der Waals surface area contributed by atoms with Crippen LogP contribution in [0.1, 0.15) is 19.4 Å². The van der Waals surface area contributed by atoms with Gasteiger partial charge in [0.1, 0.15) is 12.4 Å². The molecule has 0 spiro atoms. The van der Waals surface area contributed by atoms with Gasteiger partial charge in [0.2, 0.25) is 0 Å². The highest BCUT2D eigenvalue weighted by molar-refractivity contribution is 5.72. The lowest BCUT2D eigenvalue weighted by Gasteiger charge is -2.11. The van der Waals surface area contributed by atoms with E-state index in [1.807, 2.05) is 6.92 Å². The SMILES string of the molecule is CCNCC(C)C(=O)OCc1ccccc1F. The van der Waals surface area contributed by atoms with Crippen LogP contribution in [-0.4, -0.2) is 19.1 Å². The Hall–Kier alpha value is -1.42. The van der Waals surface area contributed by atoms with Gasteiger partial charge in [-0.3, -0.25) is 4.79 Å². The standard InChI is InChI=1S/C13H18FNO2/c1-3-15-8-10(2)13(16)17-9-11-6-4-5-7-12(11)14/h4-7,10,15H,3,8-9H2,1-2H3. The summed E-state index contributed by atoms with van der Waals surface area (Å²) in [6.45, 7) is 5.13. The lowest BCUT2D eigenvalue weighted by atomic mass is 10.2. The molecule has 1 atom stereocenters. The fourth-order valence-corrected chi connectivity index (χ4v) is 1.35. The second-order valence-corrected chi connectivity index (χ2v) is 3.91. The van der Waals surface area contributed by atoms with Gasteiger partial charge in [0.25, 0.3) is 0 Å². The van der Waals surface area contributed by atoms with Gasteiger partial charge < -0.3 is 10.1 Å². The van der Waals surface area contributed by atoms with E-state index in [1.165, 1.54) is 6.07 Å². The molecule has 0 heterocycles. The van der Waals surface area contributed by atoms with Crippen molar-refractivity contribution < 1.29 is 13.9 Å². The maximum Gasteiger partial charge on any atom is 0.310 e.